The highest BCUT2D eigenvalue weighted by molar-refractivity contribution is 7.89. The molecule has 2 heterocycles. The van der Waals surface area contributed by atoms with E-state index in [-0.39, 0.29) is 29.9 Å². The van der Waals surface area contributed by atoms with E-state index in [1.165, 1.54) is 16.4 Å². The molecule has 0 N–H and O–H groups in total. The number of rotatable bonds is 4. The molecule has 0 spiro atoms. The molecule has 1 fully saturated rings. The van der Waals surface area contributed by atoms with Crippen LogP contribution in [-0.4, -0.2) is 45.0 Å². The first-order valence-electron chi connectivity index (χ1n) is 9.62. The molecule has 2 aromatic carbocycles. The van der Waals surface area contributed by atoms with E-state index in [0.29, 0.717) is 43.3 Å². The summed E-state index contributed by atoms with van der Waals surface area (Å²) in [4.78, 5) is 12.6. The number of piperidine rings is 1. The Morgan fingerprint density at radius 1 is 1.03 bits per heavy atom. The molecule has 4 rings (SSSR count). The number of ether oxygens (including phenoxy) is 3. The molecule has 29 heavy (non-hydrogen) atoms. The molecule has 1 saturated heterocycles. The fraction of sp³-hybridized carbons (Fsp3) is 0.381. The highest BCUT2D eigenvalue weighted by Crippen LogP contribution is 2.34. The number of aryl methyl sites for hydroxylation is 1. The highest BCUT2D eigenvalue weighted by Gasteiger charge is 2.33. The minimum atomic E-state index is -3.66. The van der Waals surface area contributed by atoms with Gasteiger partial charge in [0, 0.05) is 19.2 Å². The van der Waals surface area contributed by atoms with Gasteiger partial charge in [-0.05, 0) is 49.6 Å². The standard InChI is InChI=1S/C21H23NO6S/c1-15-3-2-4-17(13-15)28-21(23)16-7-9-22(10-8-16)29(24,25)18-5-6-19-20(14-18)27-12-11-26-19/h2-6,13-14,16H,7-12H2,1H3. The largest absolute Gasteiger partial charge is 0.486 e. The second-order valence-electron chi connectivity index (χ2n) is 7.22. The average molecular weight is 417 g/mol. The third-order valence-corrected chi connectivity index (χ3v) is 7.04. The van der Waals surface area contributed by atoms with Gasteiger partial charge < -0.3 is 14.2 Å². The lowest BCUT2D eigenvalue weighted by molar-refractivity contribution is -0.140. The SMILES string of the molecule is Cc1cccc(OC(=O)C2CCN(S(=O)(=O)c3ccc4c(c3)OCCO4)CC2)c1. The Morgan fingerprint density at radius 2 is 1.76 bits per heavy atom. The zero-order valence-electron chi connectivity index (χ0n) is 16.2. The molecule has 154 valence electrons. The molecule has 2 aliphatic heterocycles. The predicted molar refractivity (Wildman–Crippen MR) is 106 cm³/mol. The number of sulfonamides is 1. The van der Waals surface area contributed by atoms with E-state index in [1.54, 1.807) is 18.2 Å². The summed E-state index contributed by atoms with van der Waals surface area (Å²) in [6, 6.07) is 12.0. The molecular formula is C21H23NO6S. The number of nitrogens with zero attached hydrogens (tertiary/aromatic N) is 1. The summed E-state index contributed by atoms with van der Waals surface area (Å²) in [6.07, 6.45) is 0.850. The Balaban J connectivity index is 1.40. The van der Waals surface area contributed by atoms with E-state index in [4.69, 9.17) is 14.2 Å². The van der Waals surface area contributed by atoms with E-state index in [1.807, 2.05) is 19.1 Å². The third-order valence-electron chi connectivity index (χ3n) is 5.15. The first-order chi connectivity index (χ1) is 13.9. The van der Waals surface area contributed by atoms with Gasteiger partial charge >= 0.3 is 5.97 Å². The van der Waals surface area contributed by atoms with Crippen molar-refractivity contribution in [2.75, 3.05) is 26.3 Å². The van der Waals surface area contributed by atoms with Crippen molar-refractivity contribution in [3.63, 3.8) is 0 Å². The van der Waals surface area contributed by atoms with Crippen molar-refractivity contribution < 1.29 is 27.4 Å². The summed E-state index contributed by atoms with van der Waals surface area (Å²) < 4.78 is 43.8. The lowest BCUT2D eigenvalue weighted by Gasteiger charge is -2.30. The Morgan fingerprint density at radius 3 is 2.48 bits per heavy atom. The van der Waals surface area contributed by atoms with Gasteiger partial charge in [-0.25, -0.2) is 8.42 Å². The van der Waals surface area contributed by atoms with Crippen LogP contribution in [0.5, 0.6) is 17.2 Å². The van der Waals surface area contributed by atoms with Crippen LogP contribution in [0.25, 0.3) is 0 Å². The van der Waals surface area contributed by atoms with Crippen molar-refractivity contribution >= 4 is 16.0 Å². The van der Waals surface area contributed by atoms with E-state index in [0.717, 1.165) is 5.56 Å². The van der Waals surface area contributed by atoms with Crippen LogP contribution in [0.15, 0.2) is 47.4 Å². The van der Waals surface area contributed by atoms with Gasteiger partial charge in [0.25, 0.3) is 0 Å². The fourth-order valence-corrected chi connectivity index (χ4v) is 5.03. The molecule has 0 atom stereocenters. The molecule has 0 radical (unpaired) electrons. The topological polar surface area (TPSA) is 82.1 Å². The maximum absolute atomic E-state index is 13.0. The molecule has 2 aromatic rings. The number of carbonyl (C=O) groups is 1. The van der Waals surface area contributed by atoms with Gasteiger partial charge in [0.15, 0.2) is 11.5 Å². The minimum Gasteiger partial charge on any atom is -0.486 e. The molecule has 0 saturated carbocycles. The number of hydrogen-bond acceptors (Lipinski definition) is 6. The quantitative estimate of drug-likeness (QED) is 0.562. The first-order valence-corrected chi connectivity index (χ1v) is 11.1. The van der Waals surface area contributed by atoms with E-state index >= 15 is 0 Å². The summed E-state index contributed by atoms with van der Waals surface area (Å²) in [5, 5.41) is 0. The number of hydrogen-bond donors (Lipinski definition) is 0. The smallest absolute Gasteiger partial charge is 0.314 e. The van der Waals surface area contributed by atoms with Crippen molar-refractivity contribution in [3.8, 4) is 17.2 Å². The van der Waals surface area contributed by atoms with Crippen molar-refractivity contribution in [3.05, 3.63) is 48.0 Å². The fourth-order valence-electron chi connectivity index (χ4n) is 3.54. The Kier molecular flexibility index (Phi) is 5.47. The highest BCUT2D eigenvalue weighted by atomic mass is 32.2. The summed E-state index contributed by atoms with van der Waals surface area (Å²) in [5.74, 6) is 0.872. The van der Waals surface area contributed by atoms with Crippen LogP contribution < -0.4 is 14.2 Å². The van der Waals surface area contributed by atoms with Gasteiger partial charge in [-0.15, -0.1) is 0 Å². The Labute approximate surface area is 170 Å². The summed E-state index contributed by atoms with van der Waals surface area (Å²) in [6.45, 7) is 3.31. The van der Waals surface area contributed by atoms with Gasteiger partial charge in [0.2, 0.25) is 10.0 Å². The minimum absolute atomic E-state index is 0.169. The van der Waals surface area contributed by atoms with E-state index in [2.05, 4.69) is 0 Å². The van der Waals surface area contributed by atoms with Gasteiger partial charge in [-0.2, -0.15) is 4.31 Å². The average Bonchev–Trinajstić information content (AvgIpc) is 2.73. The van der Waals surface area contributed by atoms with Crippen molar-refractivity contribution in [2.24, 2.45) is 5.92 Å². The van der Waals surface area contributed by atoms with Crippen LogP contribution in [0.1, 0.15) is 18.4 Å². The number of esters is 1. The van der Waals surface area contributed by atoms with Gasteiger partial charge in [0.05, 0.1) is 10.8 Å². The lowest BCUT2D eigenvalue weighted by Crippen LogP contribution is -2.41. The summed E-state index contributed by atoms with van der Waals surface area (Å²) in [5.41, 5.74) is 1.01. The Hall–Kier alpha value is -2.58. The molecule has 7 nitrogen and oxygen atoms in total. The van der Waals surface area contributed by atoms with Crippen LogP contribution in [0.3, 0.4) is 0 Å². The zero-order chi connectivity index (χ0) is 20.4. The lowest BCUT2D eigenvalue weighted by atomic mass is 9.98. The van der Waals surface area contributed by atoms with Crippen LogP contribution in [0.4, 0.5) is 0 Å². The monoisotopic (exact) mass is 417 g/mol. The second-order valence-corrected chi connectivity index (χ2v) is 9.16. The number of fused-ring (bicyclic) bond motifs is 1. The normalized spacial score (nSPS) is 17.7. The predicted octanol–water partition coefficient (Wildman–Crippen LogP) is 2.77. The van der Waals surface area contributed by atoms with Crippen molar-refractivity contribution in [2.45, 2.75) is 24.7 Å². The van der Waals surface area contributed by atoms with Crippen LogP contribution in [-0.2, 0) is 14.8 Å². The van der Waals surface area contributed by atoms with Gasteiger partial charge in [0.1, 0.15) is 19.0 Å². The summed E-state index contributed by atoms with van der Waals surface area (Å²) in [7, 11) is -3.66. The molecule has 0 unspecified atom stereocenters. The molecule has 2 aliphatic rings. The van der Waals surface area contributed by atoms with E-state index in [9.17, 15) is 13.2 Å². The van der Waals surface area contributed by atoms with Crippen molar-refractivity contribution in [1.29, 1.82) is 0 Å². The molecule has 0 bridgehead atoms. The van der Waals surface area contributed by atoms with Crippen molar-refractivity contribution in [1.82, 2.24) is 4.31 Å². The maximum Gasteiger partial charge on any atom is 0.314 e. The number of benzene rings is 2. The van der Waals surface area contributed by atoms with Crippen LogP contribution >= 0.6 is 0 Å². The molecule has 0 aliphatic carbocycles. The maximum atomic E-state index is 13.0. The number of carbonyl (C=O) groups excluding carboxylic acids is 1. The molecular weight excluding hydrogens is 394 g/mol. The third kappa shape index (κ3) is 4.23. The summed E-state index contributed by atoms with van der Waals surface area (Å²) >= 11 is 0. The van der Waals surface area contributed by atoms with Crippen LogP contribution in [0, 0.1) is 12.8 Å². The second kappa shape index (κ2) is 8.04. The molecule has 0 aromatic heterocycles. The Bertz CT molecular complexity index is 1010. The molecule has 0 amide bonds. The van der Waals surface area contributed by atoms with Gasteiger partial charge in [-0.1, -0.05) is 12.1 Å². The van der Waals surface area contributed by atoms with Crippen LogP contribution in [0.2, 0.25) is 0 Å². The van der Waals surface area contributed by atoms with Gasteiger partial charge in [-0.3, -0.25) is 4.79 Å². The first kappa shape index (κ1) is 19.7. The molecule has 8 heteroatoms. The van der Waals surface area contributed by atoms with E-state index < -0.39 is 10.0 Å². The zero-order valence-corrected chi connectivity index (χ0v) is 17.0.